The fraction of sp³-hybridized carbons (Fsp3) is 0.429. The molecule has 2 N–H and O–H groups in total. The molecule has 1 aliphatic rings. The summed E-state index contributed by atoms with van der Waals surface area (Å²) in [5, 5.41) is 5.65. The van der Waals surface area contributed by atoms with Gasteiger partial charge in [-0.1, -0.05) is 23.9 Å². The highest BCUT2D eigenvalue weighted by molar-refractivity contribution is 7.99. The number of carbonyl (C=O) groups excluding carboxylic acids is 2. The van der Waals surface area contributed by atoms with Gasteiger partial charge >= 0.3 is 12.4 Å². The number of hydrogen-bond acceptors (Lipinski definition) is 6. The van der Waals surface area contributed by atoms with Crippen molar-refractivity contribution in [1.82, 2.24) is 10.2 Å². The van der Waals surface area contributed by atoms with E-state index in [1.165, 1.54) is 20.3 Å². The molecular formula is C28H31F6N3O4S. The molecule has 1 fully saturated rings. The highest BCUT2D eigenvalue weighted by Crippen LogP contribution is 2.48. The zero-order valence-electron chi connectivity index (χ0n) is 22.9. The molecule has 0 aliphatic carbocycles. The van der Waals surface area contributed by atoms with Crippen LogP contribution in [0.15, 0.2) is 52.3 Å². The van der Waals surface area contributed by atoms with E-state index in [0.717, 1.165) is 18.2 Å². The van der Waals surface area contributed by atoms with Crippen LogP contribution in [0.2, 0.25) is 0 Å². The molecule has 3 rings (SSSR count). The van der Waals surface area contributed by atoms with Gasteiger partial charge in [-0.3, -0.25) is 9.59 Å². The lowest BCUT2D eigenvalue weighted by Crippen LogP contribution is -2.43. The Bertz CT molecular complexity index is 1260. The molecule has 0 unspecified atom stereocenters. The second-order valence-electron chi connectivity index (χ2n) is 9.38. The number of halogens is 6. The average Bonchev–Trinajstić information content (AvgIpc) is 2.92. The van der Waals surface area contributed by atoms with E-state index in [0.29, 0.717) is 54.4 Å². The number of piperidine rings is 1. The van der Waals surface area contributed by atoms with Crippen LogP contribution in [-0.2, 0) is 31.4 Å². The number of alkyl halides is 6. The number of likely N-dealkylation sites (tertiary alicyclic amines) is 1. The molecule has 42 heavy (non-hydrogen) atoms. The van der Waals surface area contributed by atoms with Crippen LogP contribution >= 0.6 is 11.8 Å². The summed E-state index contributed by atoms with van der Waals surface area (Å²) in [6.07, 6.45) is -7.94. The molecular weight excluding hydrogens is 588 g/mol. The van der Waals surface area contributed by atoms with Gasteiger partial charge < -0.3 is 25.0 Å². The Balaban J connectivity index is 1.84. The lowest BCUT2D eigenvalue weighted by molar-refractivity contribution is -0.163. The van der Waals surface area contributed by atoms with Crippen molar-refractivity contribution in [2.24, 2.45) is 0 Å². The second-order valence-corrected chi connectivity index (χ2v) is 10.5. The molecule has 230 valence electrons. The number of amides is 2. The molecule has 1 aliphatic heterocycles. The van der Waals surface area contributed by atoms with E-state index in [1.807, 2.05) is 0 Å². The summed E-state index contributed by atoms with van der Waals surface area (Å²) in [6, 6.07) is 8.27. The van der Waals surface area contributed by atoms with Gasteiger partial charge in [-0.2, -0.15) is 26.3 Å². The molecule has 0 radical (unpaired) electrons. The molecule has 0 atom stereocenters. The zero-order valence-corrected chi connectivity index (χ0v) is 23.7. The molecule has 1 heterocycles. The Hall–Kier alpha value is -3.23. The van der Waals surface area contributed by atoms with Crippen molar-refractivity contribution < 1.29 is 45.4 Å². The number of rotatable bonds is 11. The first kappa shape index (κ1) is 33.3. The standard InChI is InChI=1S/C28H31F6N3O4S/c1-40-15-12-35-23(38)9-7-18-6-8-22(26(28(32,33)34)25(18)27(29,30)31)42-21-5-3-4-20(16-21)36-19-10-13-37(14-11-19)24(39)17-41-2/h3-9,16,19,36H,10-15,17H2,1-2H3,(H,35,38)/b9-7+. The number of nitrogens with zero attached hydrogens (tertiary/aromatic N) is 1. The van der Waals surface area contributed by atoms with E-state index in [4.69, 9.17) is 9.47 Å². The molecule has 0 spiro atoms. The number of ether oxygens (including phenoxy) is 2. The predicted molar refractivity (Wildman–Crippen MR) is 146 cm³/mol. The Labute approximate surface area is 243 Å². The lowest BCUT2D eigenvalue weighted by atomic mass is 9.99. The van der Waals surface area contributed by atoms with Gasteiger partial charge in [-0.05, 0) is 48.7 Å². The van der Waals surface area contributed by atoms with E-state index in [2.05, 4.69) is 10.6 Å². The quantitative estimate of drug-likeness (QED) is 0.191. The van der Waals surface area contributed by atoms with Gasteiger partial charge in [0.2, 0.25) is 11.8 Å². The van der Waals surface area contributed by atoms with E-state index in [1.54, 1.807) is 23.1 Å². The number of methoxy groups -OCH3 is 2. The summed E-state index contributed by atoms with van der Waals surface area (Å²) in [6.45, 7) is 1.26. The average molecular weight is 620 g/mol. The fourth-order valence-electron chi connectivity index (χ4n) is 4.41. The molecule has 2 aromatic carbocycles. The number of hydrogen-bond donors (Lipinski definition) is 2. The Kier molecular flexibility index (Phi) is 11.7. The van der Waals surface area contributed by atoms with Crippen molar-refractivity contribution in [1.29, 1.82) is 0 Å². The molecule has 7 nitrogen and oxygen atoms in total. The van der Waals surface area contributed by atoms with Gasteiger partial charge in [0.15, 0.2) is 0 Å². The number of nitrogens with one attached hydrogen (secondary N) is 2. The third kappa shape index (κ3) is 9.39. The van der Waals surface area contributed by atoms with Crippen molar-refractivity contribution in [2.75, 3.05) is 52.4 Å². The Morgan fingerprint density at radius 2 is 1.69 bits per heavy atom. The highest BCUT2D eigenvalue weighted by Gasteiger charge is 2.46. The monoisotopic (exact) mass is 619 g/mol. The van der Waals surface area contributed by atoms with Crippen molar-refractivity contribution in [3.05, 3.63) is 59.2 Å². The largest absolute Gasteiger partial charge is 0.418 e. The first-order chi connectivity index (χ1) is 19.8. The summed E-state index contributed by atoms with van der Waals surface area (Å²) >= 11 is 0.560. The lowest BCUT2D eigenvalue weighted by Gasteiger charge is -2.32. The number of benzene rings is 2. The minimum absolute atomic E-state index is 0.00261. The zero-order chi connectivity index (χ0) is 30.9. The third-order valence-electron chi connectivity index (χ3n) is 6.33. The molecule has 2 aromatic rings. The number of anilines is 1. The summed E-state index contributed by atoms with van der Waals surface area (Å²) < 4.78 is 94.4. The van der Waals surface area contributed by atoms with Crippen LogP contribution in [0, 0.1) is 0 Å². The van der Waals surface area contributed by atoms with Crippen molar-refractivity contribution in [3.63, 3.8) is 0 Å². The maximum absolute atomic E-state index is 14.2. The van der Waals surface area contributed by atoms with Gasteiger partial charge in [-0.15, -0.1) is 0 Å². The van der Waals surface area contributed by atoms with Crippen LogP contribution < -0.4 is 10.6 Å². The minimum Gasteiger partial charge on any atom is -0.383 e. The molecule has 0 bridgehead atoms. The first-order valence-electron chi connectivity index (χ1n) is 12.9. The van der Waals surface area contributed by atoms with E-state index in [-0.39, 0.29) is 31.7 Å². The van der Waals surface area contributed by atoms with Crippen LogP contribution in [0.25, 0.3) is 6.08 Å². The molecule has 2 amide bonds. The summed E-state index contributed by atoms with van der Waals surface area (Å²) in [5.41, 5.74) is -3.89. The van der Waals surface area contributed by atoms with E-state index in [9.17, 15) is 35.9 Å². The number of carbonyl (C=O) groups is 2. The van der Waals surface area contributed by atoms with Gasteiger partial charge in [0.05, 0.1) is 17.7 Å². The third-order valence-corrected chi connectivity index (χ3v) is 7.38. The normalized spacial score (nSPS) is 14.8. The molecule has 0 aromatic heterocycles. The molecule has 1 saturated heterocycles. The van der Waals surface area contributed by atoms with Crippen LogP contribution in [0.3, 0.4) is 0 Å². The van der Waals surface area contributed by atoms with Crippen molar-refractivity contribution >= 4 is 35.3 Å². The molecule has 14 heteroatoms. The SMILES string of the molecule is COCCNC(=O)/C=C/c1ccc(Sc2cccc(NC3CCN(C(=O)COC)CC3)c2)c(C(F)(F)F)c1C(F)(F)F. The Morgan fingerprint density at radius 1 is 1.00 bits per heavy atom. The van der Waals surface area contributed by atoms with Gasteiger partial charge in [0.25, 0.3) is 0 Å². The van der Waals surface area contributed by atoms with Crippen molar-refractivity contribution in [2.45, 2.75) is 41.0 Å². The molecule has 0 saturated carbocycles. The highest BCUT2D eigenvalue weighted by atomic mass is 32.2. The smallest absolute Gasteiger partial charge is 0.383 e. The maximum atomic E-state index is 14.2. The second kappa shape index (κ2) is 14.8. The van der Waals surface area contributed by atoms with E-state index >= 15 is 0 Å². The van der Waals surface area contributed by atoms with Crippen molar-refractivity contribution in [3.8, 4) is 0 Å². The maximum Gasteiger partial charge on any atom is 0.418 e. The van der Waals surface area contributed by atoms with Crippen LogP contribution in [0.1, 0.15) is 29.5 Å². The first-order valence-corrected chi connectivity index (χ1v) is 13.7. The fourth-order valence-corrected chi connectivity index (χ4v) is 5.45. The van der Waals surface area contributed by atoms with Crippen LogP contribution in [0.4, 0.5) is 32.0 Å². The summed E-state index contributed by atoms with van der Waals surface area (Å²) in [4.78, 5) is 25.3. The summed E-state index contributed by atoms with van der Waals surface area (Å²) in [7, 11) is 2.83. The van der Waals surface area contributed by atoms with Gasteiger partial charge in [0, 0.05) is 61.5 Å². The van der Waals surface area contributed by atoms with Crippen LogP contribution in [-0.4, -0.2) is 69.8 Å². The Morgan fingerprint density at radius 3 is 2.31 bits per heavy atom. The summed E-state index contributed by atoms with van der Waals surface area (Å²) in [5.74, 6) is -0.886. The topological polar surface area (TPSA) is 79.9 Å². The van der Waals surface area contributed by atoms with E-state index < -0.39 is 39.8 Å². The van der Waals surface area contributed by atoms with Gasteiger partial charge in [-0.25, -0.2) is 0 Å². The predicted octanol–water partition coefficient (Wildman–Crippen LogP) is 5.70. The van der Waals surface area contributed by atoms with Gasteiger partial charge in [0.1, 0.15) is 6.61 Å². The minimum atomic E-state index is -5.35. The van der Waals surface area contributed by atoms with Crippen LogP contribution in [0.5, 0.6) is 0 Å².